The van der Waals surface area contributed by atoms with Crippen LogP contribution in [0.3, 0.4) is 0 Å². The number of nitrogens with zero attached hydrogens (tertiary/aromatic N) is 2. The van der Waals surface area contributed by atoms with E-state index in [1.807, 2.05) is 54.4 Å². The van der Waals surface area contributed by atoms with Gasteiger partial charge in [0.15, 0.2) is 0 Å². The third-order valence-electron chi connectivity index (χ3n) is 5.52. The molecule has 2 aromatic rings. The third kappa shape index (κ3) is 4.91. The smallest absolute Gasteiger partial charge is 0.258 e. The van der Waals surface area contributed by atoms with E-state index in [1.165, 1.54) is 19.3 Å². The number of para-hydroxylation sites is 1. The van der Waals surface area contributed by atoms with Gasteiger partial charge in [0.1, 0.15) is 0 Å². The van der Waals surface area contributed by atoms with Crippen LogP contribution in [0.25, 0.3) is 0 Å². The molecule has 1 N–H and O–H groups in total. The largest absolute Gasteiger partial charge is 0.376 e. The van der Waals surface area contributed by atoms with Gasteiger partial charge in [0.05, 0.1) is 6.54 Å². The zero-order valence-corrected chi connectivity index (χ0v) is 16.7. The van der Waals surface area contributed by atoms with E-state index in [0.717, 1.165) is 24.2 Å². The van der Waals surface area contributed by atoms with E-state index in [4.69, 9.17) is 0 Å². The first kappa shape index (κ1) is 19.9. The molecule has 0 unspecified atom stereocenters. The molecule has 0 aromatic heterocycles. The molecule has 0 bridgehead atoms. The third-order valence-corrected chi connectivity index (χ3v) is 5.52. The van der Waals surface area contributed by atoms with Crippen LogP contribution in [0.4, 0.5) is 11.4 Å². The maximum atomic E-state index is 12.8. The van der Waals surface area contributed by atoms with Crippen LogP contribution in [-0.4, -0.2) is 43.4 Å². The van der Waals surface area contributed by atoms with Gasteiger partial charge in [-0.1, -0.05) is 43.5 Å². The Morgan fingerprint density at radius 3 is 2.39 bits per heavy atom. The van der Waals surface area contributed by atoms with Crippen molar-refractivity contribution in [2.45, 2.75) is 38.1 Å². The number of amides is 2. The van der Waals surface area contributed by atoms with Gasteiger partial charge >= 0.3 is 0 Å². The SMILES string of the molecule is CN(C(=O)c1cccc(NCC(=O)N(C)C2CCCCC2)c1)c1ccccc1. The molecule has 1 aliphatic carbocycles. The van der Waals surface area contributed by atoms with E-state index in [2.05, 4.69) is 5.32 Å². The van der Waals surface area contributed by atoms with E-state index >= 15 is 0 Å². The molecule has 0 spiro atoms. The standard InChI is InChI=1S/C23H29N3O2/c1-25(20-12-5-3-6-13-20)22(27)17-24-19-11-9-10-18(16-19)23(28)26(2)21-14-7-4-8-15-21/h4,7-11,14-16,20,24H,3,5-6,12-13,17H2,1-2H3. The molecule has 148 valence electrons. The van der Waals surface area contributed by atoms with Crippen molar-refractivity contribution in [3.05, 3.63) is 60.2 Å². The fraction of sp³-hybridized carbons (Fsp3) is 0.391. The Morgan fingerprint density at radius 2 is 1.68 bits per heavy atom. The Morgan fingerprint density at radius 1 is 0.964 bits per heavy atom. The average molecular weight is 380 g/mol. The fourth-order valence-electron chi connectivity index (χ4n) is 3.70. The molecule has 0 saturated heterocycles. The molecular weight excluding hydrogens is 350 g/mol. The normalized spacial score (nSPS) is 14.4. The van der Waals surface area contributed by atoms with E-state index in [-0.39, 0.29) is 18.4 Å². The second kappa shape index (κ2) is 9.40. The molecular formula is C23H29N3O2. The van der Waals surface area contributed by atoms with Gasteiger partial charge < -0.3 is 15.1 Å². The van der Waals surface area contributed by atoms with E-state index in [0.29, 0.717) is 11.6 Å². The second-order valence-electron chi connectivity index (χ2n) is 7.43. The summed E-state index contributed by atoms with van der Waals surface area (Å²) in [5, 5.41) is 3.18. The molecule has 0 radical (unpaired) electrons. The van der Waals surface area contributed by atoms with Gasteiger partial charge in [-0.2, -0.15) is 0 Å². The highest BCUT2D eigenvalue weighted by molar-refractivity contribution is 6.06. The lowest BCUT2D eigenvalue weighted by molar-refractivity contribution is -0.130. The number of likely N-dealkylation sites (N-methyl/N-ethyl adjacent to an activating group) is 1. The van der Waals surface area contributed by atoms with Crippen LogP contribution in [0.2, 0.25) is 0 Å². The maximum Gasteiger partial charge on any atom is 0.258 e. The zero-order chi connectivity index (χ0) is 19.9. The van der Waals surface area contributed by atoms with Crippen LogP contribution in [0.15, 0.2) is 54.6 Å². The molecule has 1 saturated carbocycles. The number of carbonyl (C=O) groups is 2. The molecule has 0 aliphatic heterocycles. The summed E-state index contributed by atoms with van der Waals surface area (Å²) in [6, 6.07) is 17.2. The van der Waals surface area contributed by atoms with Crippen molar-refractivity contribution < 1.29 is 9.59 Å². The lowest BCUT2D eigenvalue weighted by atomic mass is 9.94. The van der Waals surface area contributed by atoms with Gasteiger partial charge in [-0.05, 0) is 43.2 Å². The minimum Gasteiger partial charge on any atom is -0.376 e. The number of rotatable bonds is 6. The number of hydrogen-bond donors (Lipinski definition) is 1. The Balaban J connectivity index is 1.60. The topological polar surface area (TPSA) is 52.7 Å². The zero-order valence-electron chi connectivity index (χ0n) is 16.7. The molecule has 0 atom stereocenters. The van der Waals surface area contributed by atoms with Crippen LogP contribution in [0, 0.1) is 0 Å². The molecule has 2 amide bonds. The van der Waals surface area contributed by atoms with Gasteiger partial charge in [0.2, 0.25) is 5.91 Å². The predicted octanol–water partition coefficient (Wildman–Crippen LogP) is 4.17. The second-order valence-corrected chi connectivity index (χ2v) is 7.43. The predicted molar refractivity (Wildman–Crippen MR) is 114 cm³/mol. The van der Waals surface area contributed by atoms with Crippen LogP contribution in [0.5, 0.6) is 0 Å². The van der Waals surface area contributed by atoms with Gasteiger partial charge in [-0.3, -0.25) is 9.59 Å². The van der Waals surface area contributed by atoms with Crippen LogP contribution in [-0.2, 0) is 4.79 Å². The highest BCUT2D eigenvalue weighted by Crippen LogP contribution is 2.22. The van der Waals surface area contributed by atoms with Crippen LogP contribution >= 0.6 is 0 Å². The van der Waals surface area contributed by atoms with Crippen LogP contribution in [0.1, 0.15) is 42.5 Å². The summed E-state index contributed by atoms with van der Waals surface area (Å²) in [6.07, 6.45) is 5.87. The van der Waals surface area contributed by atoms with E-state index in [9.17, 15) is 9.59 Å². The maximum absolute atomic E-state index is 12.8. The number of benzene rings is 2. The fourth-order valence-corrected chi connectivity index (χ4v) is 3.70. The first-order valence-corrected chi connectivity index (χ1v) is 9.99. The Hall–Kier alpha value is -2.82. The Labute approximate surface area is 167 Å². The average Bonchev–Trinajstić information content (AvgIpc) is 2.77. The summed E-state index contributed by atoms with van der Waals surface area (Å²) in [5.41, 5.74) is 2.21. The van der Waals surface area contributed by atoms with Crippen molar-refractivity contribution >= 4 is 23.2 Å². The van der Waals surface area contributed by atoms with Crippen molar-refractivity contribution in [3.8, 4) is 0 Å². The number of hydrogen-bond acceptors (Lipinski definition) is 3. The molecule has 5 heteroatoms. The molecule has 5 nitrogen and oxygen atoms in total. The first-order valence-electron chi connectivity index (χ1n) is 9.99. The van der Waals surface area contributed by atoms with Crippen LogP contribution < -0.4 is 10.2 Å². The van der Waals surface area contributed by atoms with Crippen molar-refractivity contribution in [1.82, 2.24) is 4.90 Å². The van der Waals surface area contributed by atoms with Gasteiger partial charge in [-0.15, -0.1) is 0 Å². The summed E-state index contributed by atoms with van der Waals surface area (Å²) in [4.78, 5) is 28.8. The molecule has 1 fully saturated rings. The minimum absolute atomic E-state index is 0.0829. The van der Waals surface area contributed by atoms with Crippen molar-refractivity contribution in [3.63, 3.8) is 0 Å². The Bertz CT molecular complexity index is 801. The summed E-state index contributed by atoms with van der Waals surface area (Å²) in [6.45, 7) is 0.235. The molecule has 2 aromatic carbocycles. The van der Waals surface area contributed by atoms with Crippen molar-refractivity contribution in [2.75, 3.05) is 30.9 Å². The number of nitrogens with one attached hydrogen (secondary N) is 1. The van der Waals surface area contributed by atoms with Gasteiger partial charge in [0.25, 0.3) is 5.91 Å². The number of anilines is 2. The minimum atomic E-state index is -0.0829. The van der Waals surface area contributed by atoms with Gasteiger partial charge in [0, 0.05) is 37.1 Å². The van der Waals surface area contributed by atoms with Gasteiger partial charge in [-0.25, -0.2) is 0 Å². The summed E-state index contributed by atoms with van der Waals surface area (Å²) >= 11 is 0. The first-order chi connectivity index (χ1) is 13.6. The van der Waals surface area contributed by atoms with Crippen molar-refractivity contribution in [2.24, 2.45) is 0 Å². The molecule has 1 aliphatic rings. The van der Waals surface area contributed by atoms with E-state index in [1.54, 1.807) is 24.1 Å². The molecule has 3 rings (SSSR count). The van der Waals surface area contributed by atoms with E-state index < -0.39 is 0 Å². The molecule has 28 heavy (non-hydrogen) atoms. The lowest BCUT2D eigenvalue weighted by Crippen LogP contribution is -2.41. The summed E-state index contributed by atoms with van der Waals surface area (Å²) in [5.74, 6) is 0.00512. The highest BCUT2D eigenvalue weighted by atomic mass is 16.2. The Kier molecular flexibility index (Phi) is 6.69. The highest BCUT2D eigenvalue weighted by Gasteiger charge is 2.21. The summed E-state index contributed by atoms with van der Waals surface area (Å²) < 4.78 is 0. The van der Waals surface area contributed by atoms with Crippen molar-refractivity contribution in [1.29, 1.82) is 0 Å². The lowest BCUT2D eigenvalue weighted by Gasteiger charge is -2.31. The number of carbonyl (C=O) groups excluding carboxylic acids is 2. The summed E-state index contributed by atoms with van der Waals surface area (Å²) in [7, 11) is 3.66. The monoisotopic (exact) mass is 379 g/mol. The quantitative estimate of drug-likeness (QED) is 0.820. The molecule has 0 heterocycles.